The summed E-state index contributed by atoms with van der Waals surface area (Å²) < 4.78 is 5.38. The van der Waals surface area contributed by atoms with E-state index in [-0.39, 0.29) is 30.9 Å². The van der Waals surface area contributed by atoms with Crippen LogP contribution in [0.4, 0.5) is 11.4 Å². The maximum Gasteiger partial charge on any atom is 0.257 e. The highest BCUT2D eigenvalue weighted by atomic mass is 35.5. The third kappa shape index (κ3) is 4.91. The van der Waals surface area contributed by atoms with Crippen molar-refractivity contribution in [1.29, 1.82) is 0 Å². The number of para-hydroxylation sites is 2. The highest BCUT2D eigenvalue weighted by Crippen LogP contribution is 2.40. The van der Waals surface area contributed by atoms with Gasteiger partial charge in [0, 0.05) is 29.5 Å². The van der Waals surface area contributed by atoms with Crippen molar-refractivity contribution < 1.29 is 19.1 Å². The van der Waals surface area contributed by atoms with E-state index in [1.165, 1.54) is 0 Å². The summed E-state index contributed by atoms with van der Waals surface area (Å²) in [5.41, 5.74) is 1.15. The molecular weight excluding hydrogens is 504 g/mol. The molecule has 2 heterocycles. The van der Waals surface area contributed by atoms with Gasteiger partial charge in [0.25, 0.3) is 11.8 Å². The zero-order valence-electron chi connectivity index (χ0n) is 21.1. The predicted molar refractivity (Wildman–Crippen MR) is 146 cm³/mol. The molecule has 38 heavy (non-hydrogen) atoms. The van der Waals surface area contributed by atoms with E-state index in [4.69, 9.17) is 16.3 Å². The van der Waals surface area contributed by atoms with E-state index in [9.17, 15) is 14.4 Å². The fraction of sp³-hybridized carbons (Fsp3) is 0.276. The molecule has 0 radical (unpaired) electrons. The molecule has 0 atom stereocenters. The summed E-state index contributed by atoms with van der Waals surface area (Å²) >= 11 is 6.04. The number of piperidine rings is 1. The van der Waals surface area contributed by atoms with Crippen molar-refractivity contribution in [2.24, 2.45) is 0 Å². The first kappa shape index (κ1) is 25.6. The minimum atomic E-state index is -0.838. The van der Waals surface area contributed by atoms with E-state index < -0.39 is 5.54 Å². The molecule has 2 aliphatic heterocycles. The molecule has 3 amide bonds. The van der Waals surface area contributed by atoms with Crippen molar-refractivity contribution in [3.63, 3.8) is 0 Å². The van der Waals surface area contributed by atoms with E-state index in [2.05, 4.69) is 10.2 Å². The number of hydrogen-bond acceptors (Lipinski definition) is 5. The number of hydrogen-bond donors (Lipinski definition) is 1. The number of nitrogens with zero attached hydrogens (tertiary/aromatic N) is 3. The van der Waals surface area contributed by atoms with Crippen molar-refractivity contribution in [2.45, 2.75) is 18.4 Å². The first-order valence-electron chi connectivity index (χ1n) is 12.5. The van der Waals surface area contributed by atoms with Crippen LogP contribution in [-0.2, 0) is 9.59 Å². The Balaban J connectivity index is 1.35. The van der Waals surface area contributed by atoms with Crippen LogP contribution in [0.5, 0.6) is 5.75 Å². The summed E-state index contributed by atoms with van der Waals surface area (Å²) in [4.78, 5) is 45.5. The third-order valence-electron chi connectivity index (χ3n) is 7.24. The summed E-state index contributed by atoms with van der Waals surface area (Å²) in [7, 11) is 1.55. The second-order valence-electron chi connectivity index (χ2n) is 9.49. The van der Waals surface area contributed by atoms with Crippen LogP contribution in [0, 0.1) is 0 Å². The minimum Gasteiger partial charge on any atom is -0.496 e. The molecule has 0 unspecified atom stereocenters. The van der Waals surface area contributed by atoms with Crippen molar-refractivity contribution in [2.75, 3.05) is 43.6 Å². The lowest BCUT2D eigenvalue weighted by atomic mass is 9.85. The lowest BCUT2D eigenvalue weighted by Gasteiger charge is -2.43. The van der Waals surface area contributed by atoms with Gasteiger partial charge in [-0.1, -0.05) is 48.0 Å². The first-order valence-corrected chi connectivity index (χ1v) is 12.9. The van der Waals surface area contributed by atoms with Gasteiger partial charge in [-0.25, -0.2) is 0 Å². The second kappa shape index (κ2) is 10.8. The number of nitrogens with one attached hydrogen (secondary N) is 1. The van der Waals surface area contributed by atoms with E-state index in [1.54, 1.807) is 53.3 Å². The maximum atomic E-state index is 13.9. The molecular formula is C29H29ClN4O4. The number of amides is 3. The summed E-state index contributed by atoms with van der Waals surface area (Å²) in [5.74, 6) is 0.00532. The molecule has 1 spiro atoms. The third-order valence-corrected chi connectivity index (χ3v) is 7.48. The first-order chi connectivity index (χ1) is 18.4. The van der Waals surface area contributed by atoms with Crippen LogP contribution in [0.25, 0.3) is 0 Å². The molecule has 3 aromatic rings. The standard InChI is InChI=1S/C29H29ClN4O4/c1-38-25-13-6-5-12-24(25)27(36)32-16-14-29(15-17-32)28(37)33(20-34(29)23-10-3-2-4-11-23)19-26(35)31-22-9-7-8-21(30)18-22/h2-13,18H,14-17,19-20H2,1H3,(H,31,35). The highest BCUT2D eigenvalue weighted by Gasteiger charge is 2.54. The van der Waals surface area contributed by atoms with Crippen molar-refractivity contribution in [3.8, 4) is 5.75 Å². The Morgan fingerprint density at radius 3 is 2.39 bits per heavy atom. The Hall–Kier alpha value is -4.04. The van der Waals surface area contributed by atoms with Gasteiger partial charge >= 0.3 is 0 Å². The van der Waals surface area contributed by atoms with E-state index in [0.717, 1.165) is 5.69 Å². The molecule has 2 aliphatic rings. The smallest absolute Gasteiger partial charge is 0.257 e. The molecule has 9 heteroatoms. The fourth-order valence-corrected chi connectivity index (χ4v) is 5.52. The average molecular weight is 533 g/mol. The Morgan fingerprint density at radius 2 is 1.68 bits per heavy atom. The van der Waals surface area contributed by atoms with Gasteiger partial charge in [0.05, 0.1) is 19.3 Å². The normalized spacial score (nSPS) is 16.6. The van der Waals surface area contributed by atoms with Gasteiger partial charge in [-0.15, -0.1) is 0 Å². The second-order valence-corrected chi connectivity index (χ2v) is 9.93. The van der Waals surface area contributed by atoms with Gasteiger partial charge in [-0.2, -0.15) is 0 Å². The number of carbonyl (C=O) groups excluding carboxylic acids is 3. The Kier molecular flexibility index (Phi) is 7.24. The average Bonchev–Trinajstić information content (AvgIpc) is 3.19. The number of anilines is 2. The summed E-state index contributed by atoms with van der Waals surface area (Å²) in [5, 5.41) is 3.34. The van der Waals surface area contributed by atoms with Gasteiger partial charge in [-0.05, 0) is 55.3 Å². The molecule has 0 aliphatic carbocycles. The number of rotatable bonds is 6. The Bertz CT molecular complexity index is 1340. The van der Waals surface area contributed by atoms with Gasteiger partial charge in [0.15, 0.2) is 0 Å². The SMILES string of the molecule is COc1ccccc1C(=O)N1CCC2(CC1)C(=O)N(CC(=O)Nc1cccc(Cl)c1)CN2c1ccccc1. The van der Waals surface area contributed by atoms with Gasteiger partial charge in [0.1, 0.15) is 17.8 Å². The quantitative estimate of drug-likeness (QED) is 0.513. The number of methoxy groups -OCH3 is 1. The molecule has 2 fully saturated rings. The number of likely N-dealkylation sites (tertiary alicyclic amines) is 1. The summed E-state index contributed by atoms with van der Waals surface area (Å²) in [6, 6.07) is 23.8. The Morgan fingerprint density at radius 1 is 0.974 bits per heavy atom. The summed E-state index contributed by atoms with van der Waals surface area (Å²) in [6.07, 6.45) is 0.905. The van der Waals surface area contributed by atoms with Crippen LogP contribution in [0.1, 0.15) is 23.2 Å². The van der Waals surface area contributed by atoms with Crippen LogP contribution in [-0.4, -0.2) is 66.5 Å². The predicted octanol–water partition coefficient (Wildman–Crippen LogP) is 4.27. The molecule has 0 bridgehead atoms. The summed E-state index contributed by atoms with van der Waals surface area (Å²) in [6.45, 7) is 1.02. The van der Waals surface area contributed by atoms with Gasteiger partial charge in [-0.3, -0.25) is 14.4 Å². The monoisotopic (exact) mass is 532 g/mol. The van der Waals surface area contributed by atoms with Gasteiger partial charge in [0.2, 0.25) is 5.91 Å². The van der Waals surface area contributed by atoms with Crippen LogP contribution in [0.2, 0.25) is 5.02 Å². The topological polar surface area (TPSA) is 82.2 Å². The highest BCUT2D eigenvalue weighted by molar-refractivity contribution is 6.30. The van der Waals surface area contributed by atoms with Crippen LogP contribution in [0.15, 0.2) is 78.9 Å². The van der Waals surface area contributed by atoms with E-state index >= 15 is 0 Å². The number of carbonyl (C=O) groups is 3. The van der Waals surface area contributed by atoms with Crippen molar-refractivity contribution >= 4 is 40.7 Å². The molecule has 8 nitrogen and oxygen atoms in total. The van der Waals surface area contributed by atoms with E-state index in [1.807, 2.05) is 42.5 Å². The van der Waals surface area contributed by atoms with Crippen LogP contribution >= 0.6 is 11.6 Å². The fourth-order valence-electron chi connectivity index (χ4n) is 5.33. The van der Waals surface area contributed by atoms with Gasteiger partial charge < -0.3 is 24.8 Å². The molecule has 0 aromatic heterocycles. The molecule has 3 aromatic carbocycles. The number of halogens is 1. The minimum absolute atomic E-state index is 0.0830. The molecule has 196 valence electrons. The molecule has 2 saturated heterocycles. The lowest BCUT2D eigenvalue weighted by Crippen LogP contribution is -2.57. The Labute approximate surface area is 226 Å². The lowest BCUT2D eigenvalue weighted by molar-refractivity contribution is -0.136. The zero-order chi connectivity index (χ0) is 26.7. The number of benzene rings is 3. The van der Waals surface area contributed by atoms with Crippen molar-refractivity contribution in [1.82, 2.24) is 9.80 Å². The molecule has 5 rings (SSSR count). The maximum absolute atomic E-state index is 13.9. The number of ether oxygens (including phenoxy) is 1. The van der Waals surface area contributed by atoms with E-state index in [0.29, 0.717) is 48.0 Å². The van der Waals surface area contributed by atoms with Crippen LogP contribution in [0.3, 0.4) is 0 Å². The van der Waals surface area contributed by atoms with Crippen LogP contribution < -0.4 is 15.0 Å². The molecule has 0 saturated carbocycles. The largest absolute Gasteiger partial charge is 0.496 e. The zero-order valence-corrected chi connectivity index (χ0v) is 21.9. The molecule has 1 N–H and O–H groups in total. The van der Waals surface area contributed by atoms with Crippen molar-refractivity contribution in [3.05, 3.63) is 89.4 Å².